The number of carbonyl (C=O) groups excluding carboxylic acids is 1. The average molecular weight is 352 g/mol. The van der Waals surface area contributed by atoms with E-state index >= 15 is 0 Å². The minimum atomic E-state index is -0.541. The van der Waals surface area contributed by atoms with Crippen molar-refractivity contribution in [1.29, 1.82) is 0 Å². The van der Waals surface area contributed by atoms with Gasteiger partial charge in [0.1, 0.15) is 5.82 Å². The molecule has 21 heavy (non-hydrogen) atoms. The summed E-state index contributed by atoms with van der Waals surface area (Å²) in [5.41, 5.74) is 1.96. The van der Waals surface area contributed by atoms with Crippen molar-refractivity contribution in [2.24, 2.45) is 0 Å². The fraction of sp³-hybridized carbons (Fsp3) is 0.188. The van der Waals surface area contributed by atoms with Crippen LogP contribution in [-0.2, 0) is 17.9 Å². The second kappa shape index (κ2) is 7.33. The molecule has 0 radical (unpaired) electrons. The van der Waals surface area contributed by atoms with E-state index in [-0.39, 0.29) is 5.56 Å². The van der Waals surface area contributed by atoms with Gasteiger partial charge in [0.2, 0.25) is 0 Å². The number of halogens is 2. The number of hydrogen-bond donors (Lipinski definition) is 1. The molecule has 0 aromatic heterocycles. The molecular formula is C16H15BrFNO2. The molecule has 0 unspecified atom stereocenters. The summed E-state index contributed by atoms with van der Waals surface area (Å²) in [7, 11) is 1.62. The summed E-state index contributed by atoms with van der Waals surface area (Å²) in [6.07, 6.45) is 0. The minimum Gasteiger partial charge on any atom is -0.380 e. The van der Waals surface area contributed by atoms with E-state index < -0.39 is 11.7 Å². The van der Waals surface area contributed by atoms with E-state index in [9.17, 15) is 9.18 Å². The van der Waals surface area contributed by atoms with Crippen LogP contribution in [-0.4, -0.2) is 13.0 Å². The molecule has 0 saturated carbocycles. The monoisotopic (exact) mass is 351 g/mol. The predicted octanol–water partition coefficient (Wildman–Crippen LogP) is 3.66. The van der Waals surface area contributed by atoms with Crippen molar-refractivity contribution in [2.75, 3.05) is 7.11 Å². The number of carbonyl (C=O) groups is 1. The van der Waals surface area contributed by atoms with E-state index in [0.717, 1.165) is 11.1 Å². The lowest BCUT2D eigenvalue weighted by Crippen LogP contribution is -2.24. The highest BCUT2D eigenvalue weighted by atomic mass is 79.9. The van der Waals surface area contributed by atoms with Crippen LogP contribution in [0.2, 0.25) is 0 Å². The van der Waals surface area contributed by atoms with Gasteiger partial charge in [0.25, 0.3) is 5.91 Å². The average Bonchev–Trinajstić information content (AvgIpc) is 2.49. The van der Waals surface area contributed by atoms with Crippen molar-refractivity contribution < 1.29 is 13.9 Å². The molecule has 110 valence electrons. The van der Waals surface area contributed by atoms with Crippen molar-refractivity contribution >= 4 is 21.8 Å². The van der Waals surface area contributed by atoms with Gasteiger partial charge in [-0.2, -0.15) is 0 Å². The van der Waals surface area contributed by atoms with Gasteiger partial charge in [-0.3, -0.25) is 4.79 Å². The van der Waals surface area contributed by atoms with Gasteiger partial charge < -0.3 is 10.1 Å². The number of hydrogen-bond acceptors (Lipinski definition) is 2. The third-order valence-electron chi connectivity index (χ3n) is 3.03. The molecule has 0 saturated heterocycles. The lowest BCUT2D eigenvalue weighted by atomic mass is 10.1. The van der Waals surface area contributed by atoms with Crippen molar-refractivity contribution in [3.8, 4) is 0 Å². The predicted molar refractivity (Wildman–Crippen MR) is 82.4 cm³/mol. The summed E-state index contributed by atoms with van der Waals surface area (Å²) in [5, 5.41) is 2.73. The quantitative estimate of drug-likeness (QED) is 0.892. The van der Waals surface area contributed by atoms with E-state index in [1.54, 1.807) is 13.2 Å². The van der Waals surface area contributed by atoms with Crippen LogP contribution in [0, 0.1) is 5.82 Å². The van der Waals surface area contributed by atoms with Crippen LogP contribution >= 0.6 is 15.9 Å². The van der Waals surface area contributed by atoms with Gasteiger partial charge in [-0.05, 0) is 29.3 Å². The summed E-state index contributed by atoms with van der Waals surface area (Å²) in [5.74, 6) is -0.984. The van der Waals surface area contributed by atoms with Gasteiger partial charge in [-0.15, -0.1) is 0 Å². The second-order valence-corrected chi connectivity index (χ2v) is 5.42. The molecule has 2 rings (SSSR count). The van der Waals surface area contributed by atoms with E-state index in [4.69, 9.17) is 4.74 Å². The lowest BCUT2D eigenvalue weighted by Gasteiger charge is -2.10. The highest BCUT2D eigenvalue weighted by Crippen LogP contribution is 2.16. The number of nitrogens with one attached hydrogen (secondary N) is 1. The Morgan fingerprint density at radius 3 is 2.67 bits per heavy atom. The molecule has 0 spiro atoms. The molecule has 0 fully saturated rings. The molecule has 1 amide bonds. The molecular weight excluding hydrogens is 337 g/mol. The molecule has 5 heteroatoms. The molecule has 3 nitrogen and oxygen atoms in total. The second-order valence-electron chi connectivity index (χ2n) is 4.51. The normalized spacial score (nSPS) is 10.4. The standard InChI is InChI=1S/C16H15BrFNO2/c1-21-10-12-5-3-2-4-11(12)9-19-16(20)14-8-13(17)6-7-15(14)18/h2-8H,9-10H2,1H3,(H,19,20). The zero-order valence-electron chi connectivity index (χ0n) is 11.5. The molecule has 2 aromatic carbocycles. The topological polar surface area (TPSA) is 38.3 Å². The van der Waals surface area contributed by atoms with E-state index in [0.29, 0.717) is 17.6 Å². The number of ether oxygens (including phenoxy) is 1. The van der Waals surface area contributed by atoms with Crippen LogP contribution in [0.3, 0.4) is 0 Å². The van der Waals surface area contributed by atoms with Gasteiger partial charge in [0, 0.05) is 18.1 Å². The summed E-state index contributed by atoms with van der Waals surface area (Å²) in [6.45, 7) is 0.793. The summed E-state index contributed by atoms with van der Waals surface area (Å²) >= 11 is 3.23. The van der Waals surface area contributed by atoms with Crippen LogP contribution in [0.5, 0.6) is 0 Å². The SMILES string of the molecule is COCc1ccccc1CNC(=O)c1cc(Br)ccc1F. The van der Waals surface area contributed by atoms with Gasteiger partial charge in [0.15, 0.2) is 0 Å². The van der Waals surface area contributed by atoms with Gasteiger partial charge in [-0.1, -0.05) is 40.2 Å². The Morgan fingerprint density at radius 1 is 1.24 bits per heavy atom. The Labute approximate surface area is 131 Å². The van der Waals surface area contributed by atoms with E-state index in [1.807, 2.05) is 24.3 Å². The zero-order valence-corrected chi connectivity index (χ0v) is 13.1. The summed E-state index contributed by atoms with van der Waals surface area (Å²) in [6, 6.07) is 11.9. The smallest absolute Gasteiger partial charge is 0.254 e. The Balaban J connectivity index is 2.09. The molecule has 0 aliphatic heterocycles. The van der Waals surface area contributed by atoms with Crippen LogP contribution in [0.4, 0.5) is 4.39 Å². The number of amides is 1. The lowest BCUT2D eigenvalue weighted by molar-refractivity contribution is 0.0946. The Kier molecular flexibility index (Phi) is 5.47. The highest BCUT2D eigenvalue weighted by molar-refractivity contribution is 9.10. The first-order valence-corrected chi connectivity index (χ1v) is 7.20. The third kappa shape index (κ3) is 4.12. The van der Waals surface area contributed by atoms with Crippen LogP contribution in [0.25, 0.3) is 0 Å². The van der Waals surface area contributed by atoms with E-state index in [2.05, 4.69) is 21.2 Å². The van der Waals surface area contributed by atoms with Crippen LogP contribution < -0.4 is 5.32 Å². The minimum absolute atomic E-state index is 0.0218. The van der Waals surface area contributed by atoms with Gasteiger partial charge in [-0.25, -0.2) is 4.39 Å². The largest absolute Gasteiger partial charge is 0.380 e. The summed E-state index contributed by atoms with van der Waals surface area (Å²) < 4.78 is 19.4. The number of benzene rings is 2. The Bertz CT molecular complexity index is 646. The van der Waals surface area contributed by atoms with Crippen molar-refractivity contribution in [2.45, 2.75) is 13.2 Å². The highest BCUT2D eigenvalue weighted by Gasteiger charge is 2.12. The van der Waals surface area contributed by atoms with Crippen molar-refractivity contribution in [3.63, 3.8) is 0 Å². The maximum atomic E-state index is 13.6. The maximum absolute atomic E-state index is 13.6. The summed E-state index contributed by atoms with van der Waals surface area (Å²) in [4.78, 5) is 12.1. The molecule has 0 atom stereocenters. The maximum Gasteiger partial charge on any atom is 0.254 e. The molecule has 1 N–H and O–H groups in total. The molecule has 2 aromatic rings. The van der Waals surface area contributed by atoms with Crippen LogP contribution in [0.15, 0.2) is 46.9 Å². The molecule has 0 aliphatic carbocycles. The molecule has 0 heterocycles. The van der Waals surface area contributed by atoms with E-state index in [1.165, 1.54) is 12.1 Å². The first-order valence-electron chi connectivity index (χ1n) is 6.41. The van der Waals surface area contributed by atoms with Gasteiger partial charge in [0.05, 0.1) is 12.2 Å². The molecule has 0 aliphatic rings. The fourth-order valence-corrected chi connectivity index (χ4v) is 2.33. The fourth-order valence-electron chi connectivity index (χ4n) is 1.97. The zero-order chi connectivity index (χ0) is 15.2. The number of methoxy groups -OCH3 is 1. The first kappa shape index (κ1) is 15.7. The van der Waals surface area contributed by atoms with Crippen molar-refractivity contribution in [1.82, 2.24) is 5.32 Å². The number of rotatable bonds is 5. The third-order valence-corrected chi connectivity index (χ3v) is 3.52. The Morgan fingerprint density at radius 2 is 1.95 bits per heavy atom. The Hall–Kier alpha value is -1.72. The van der Waals surface area contributed by atoms with Crippen molar-refractivity contribution in [3.05, 3.63) is 69.4 Å². The van der Waals surface area contributed by atoms with Gasteiger partial charge >= 0.3 is 0 Å². The molecule has 0 bridgehead atoms. The first-order chi connectivity index (χ1) is 10.1. The van der Waals surface area contributed by atoms with Crippen LogP contribution in [0.1, 0.15) is 21.5 Å².